The van der Waals surface area contributed by atoms with E-state index in [-0.39, 0.29) is 12.1 Å². The van der Waals surface area contributed by atoms with Crippen LogP contribution in [0.3, 0.4) is 0 Å². The molecular weight excluding hydrogens is 272 g/mol. The summed E-state index contributed by atoms with van der Waals surface area (Å²) in [5, 5.41) is 6.52. The molecule has 0 aliphatic carbocycles. The molecule has 1 atom stereocenters. The van der Waals surface area contributed by atoms with Crippen LogP contribution in [-0.4, -0.2) is 41.6 Å². The highest BCUT2D eigenvalue weighted by molar-refractivity contribution is 7.15. The van der Waals surface area contributed by atoms with Crippen molar-refractivity contribution in [2.24, 2.45) is 5.92 Å². The average molecular weight is 296 g/mol. The number of hydrogen-bond donors (Lipinski definition) is 2. The van der Waals surface area contributed by atoms with E-state index in [2.05, 4.69) is 34.4 Å². The van der Waals surface area contributed by atoms with Crippen LogP contribution in [-0.2, 0) is 0 Å². The van der Waals surface area contributed by atoms with Crippen LogP contribution in [0.5, 0.6) is 0 Å². The molecule has 0 saturated carbocycles. The minimum Gasteiger partial charge on any atom is -0.334 e. The molecule has 1 aliphatic rings. The molecule has 1 fully saturated rings. The number of urea groups is 1. The summed E-state index contributed by atoms with van der Waals surface area (Å²) in [5.74, 6) is 0.667. The van der Waals surface area contributed by atoms with Crippen LogP contribution >= 0.6 is 11.3 Å². The van der Waals surface area contributed by atoms with Crippen molar-refractivity contribution in [3.05, 3.63) is 11.1 Å². The number of aromatic nitrogens is 1. The first-order chi connectivity index (χ1) is 9.52. The molecule has 1 unspecified atom stereocenters. The lowest BCUT2D eigenvalue weighted by molar-refractivity contribution is 0.174. The first-order valence-electron chi connectivity index (χ1n) is 7.25. The lowest BCUT2D eigenvalue weighted by atomic mass is 10.0. The van der Waals surface area contributed by atoms with Gasteiger partial charge in [-0.1, -0.05) is 13.8 Å². The monoisotopic (exact) mass is 296 g/mol. The normalized spacial score (nSPS) is 20.1. The Kier molecular flexibility index (Phi) is 5.37. The van der Waals surface area contributed by atoms with Crippen molar-refractivity contribution < 1.29 is 4.79 Å². The number of rotatable bonds is 4. The number of piperidine rings is 1. The molecule has 1 aromatic rings. The molecule has 0 spiro atoms. The molecule has 1 aromatic heterocycles. The molecule has 2 N–H and O–H groups in total. The van der Waals surface area contributed by atoms with E-state index in [1.807, 2.05) is 6.92 Å². The van der Waals surface area contributed by atoms with Crippen LogP contribution in [0, 0.1) is 12.8 Å². The van der Waals surface area contributed by atoms with E-state index >= 15 is 0 Å². The number of thiazole rings is 1. The van der Waals surface area contributed by atoms with Crippen molar-refractivity contribution in [3.63, 3.8) is 0 Å². The van der Waals surface area contributed by atoms with Gasteiger partial charge in [0.05, 0.1) is 0 Å². The minimum atomic E-state index is -0.143. The molecule has 6 heteroatoms. The third-order valence-electron chi connectivity index (χ3n) is 3.31. The lowest BCUT2D eigenvalue weighted by Crippen LogP contribution is -2.49. The highest BCUT2D eigenvalue weighted by Crippen LogP contribution is 2.17. The first-order valence-corrected chi connectivity index (χ1v) is 8.07. The fourth-order valence-electron chi connectivity index (χ4n) is 2.59. The van der Waals surface area contributed by atoms with Crippen molar-refractivity contribution in [1.82, 2.24) is 15.2 Å². The average Bonchev–Trinajstić information content (AvgIpc) is 2.74. The molecule has 20 heavy (non-hydrogen) atoms. The second-order valence-corrected chi connectivity index (χ2v) is 7.10. The predicted octanol–water partition coefficient (Wildman–Crippen LogP) is 2.69. The third-order valence-corrected chi connectivity index (χ3v) is 4.13. The highest BCUT2D eigenvalue weighted by atomic mass is 32.1. The molecule has 1 aliphatic heterocycles. The van der Waals surface area contributed by atoms with E-state index in [1.54, 1.807) is 6.20 Å². The van der Waals surface area contributed by atoms with Gasteiger partial charge in [-0.2, -0.15) is 0 Å². The third kappa shape index (κ3) is 4.76. The van der Waals surface area contributed by atoms with Crippen molar-refractivity contribution in [2.45, 2.75) is 39.7 Å². The van der Waals surface area contributed by atoms with Crippen LogP contribution in [0.4, 0.5) is 9.93 Å². The molecule has 2 heterocycles. The van der Waals surface area contributed by atoms with Crippen LogP contribution in [0.25, 0.3) is 0 Å². The van der Waals surface area contributed by atoms with Crippen molar-refractivity contribution >= 4 is 22.5 Å². The SMILES string of the molecule is Cc1cnc(NC(=O)NC2CCCN(CC(C)C)C2)s1. The Morgan fingerprint density at radius 1 is 1.60 bits per heavy atom. The number of carbonyl (C=O) groups excluding carboxylic acids is 1. The molecule has 2 amide bonds. The number of carbonyl (C=O) groups is 1. The van der Waals surface area contributed by atoms with Crippen LogP contribution in [0.15, 0.2) is 6.20 Å². The fraction of sp³-hybridized carbons (Fsp3) is 0.714. The van der Waals surface area contributed by atoms with Gasteiger partial charge in [-0.15, -0.1) is 11.3 Å². The van der Waals surface area contributed by atoms with E-state index in [0.29, 0.717) is 11.0 Å². The Morgan fingerprint density at radius 2 is 2.40 bits per heavy atom. The Labute approximate surface area is 124 Å². The summed E-state index contributed by atoms with van der Waals surface area (Å²) >= 11 is 1.49. The standard InChI is InChI=1S/C14H24N4OS/c1-10(2)8-18-6-4-5-12(9-18)16-13(19)17-14-15-7-11(3)20-14/h7,10,12H,4-6,8-9H2,1-3H3,(H2,15,16,17,19). The number of nitrogens with zero attached hydrogens (tertiary/aromatic N) is 2. The van der Waals surface area contributed by atoms with Crippen LogP contribution < -0.4 is 10.6 Å². The Morgan fingerprint density at radius 3 is 3.05 bits per heavy atom. The van der Waals surface area contributed by atoms with E-state index < -0.39 is 0 Å². The Hall–Kier alpha value is -1.14. The zero-order valence-corrected chi connectivity index (χ0v) is 13.3. The molecule has 5 nitrogen and oxygen atoms in total. The number of amides is 2. The number of likely N-dealkylation sites (tertiary alicyclic amines) is 1. The van der Waals surface area contributed by atoms with Crippen molar-refractivity contribution in [1.29, 1.82) is 0 Å². The summed E-state index contributed by atoms with van der Waals surface area (Å²) in [6.07, 6.45) is 3.97. The van der Waals surface area contributed by atoms with Gasteiger partial charge < -0.3 is 10.2 Å². The van der Waals surface area contributed by atoms with Gasteiger partial charge in [-0.3, -0.25) is 5.32 Å². The van der Waals surface area contributed by atoms with E-state index in [0.717, 1.165) is 37.4 Å². The largest absolute Gasteiger partial charge is 0.334 e. The summed E-state index contributed by atoms with van der Waals surface area (Å²) in [4.78, 5) is 19.6. The maximum absolute atomic E-state index is 11.9. The summed E-state index contributed by atoms with van der Waals surface area (Å²) in [7, 11) is 0. The molecular formula is C14H24N4OS. The summed E-state index contributed by atoms with van der Waals surface area (Å²) in [6, 6.07) is 0.0966. The number of anilines is 1. The van der Waals surface area contributed by atoms with Crippen LogP contribution in [0.1, 0.15) is 31.6 Å². The minimum absolute atomic E-state index is 0.143. The Balaban J connectivity index is 1.78. The zero-order chi connectivity index (χ0) is 14.5. The van der Waals surface area contributed by atoms with Gasteiger partial charge in [0.15, 0.2) is 5.13 Å². The maximum Gasteiger partial charge on any atom is 0.321 e. The predicted molar refractivity (Wildman–Crippen MR) is 83.3 cm³/mol. The molecule has 2 rings (SSSR count). The lowest BCUT2D eigenvalue weighted by Gasteiger charge is -2.34. The number of hydrogen-bond acceptors (Lipinski definition) is 4. The molecule has 0 bridgehead atoms. The van der Waals surface area contributed by atoms with Gasteiger partial charge in [-0.25, -0.2) is 9.78 Å². The second kappa shape index (κ2) is 7.04. The van der Waals surface area contributed by atoms with Gasteiger partial charge in [-0.05, 0) is 32.2 Å². The van der Waals surface area contributed by atoms with Gasteiger partial charge in [0.25, 0.3) is 0 Å². The first kappa shape index (κ1) is 15.3. The quantitative estimate of drug-likeness (QED) is 0.898. The molecule has 112 valence electrons. The van der Waals surface area contributed by atoms with Crippen molar-refractivity contribution in [2.75, 3.05) is 25.0 Å². The van der Waals surface area contributed by atoms with E-state index in [4.69, 9.17) is 0 Å². The van der Waals surface area contributed by atoms with Gasteiger partial charge in [0.2, 0.25) is 0 Å². The number of nitrogens with one attached hydrogen (secondary N) is 2. The summed E-state index contributed by atoms with van der Waals surface area (Å²) in [5.41, 5.74) is 0. The van der Waals surface area contributed by atoms with Gasteiger partial charge in [0, 0.05) is 30.2 Å². The zero-order valence-electron chi connectivity index (χ0n) is 12.5. The highest BCUT2D eigenvalue weighted by Gasteiger charge is 2.21. The summed E-state index contributed by atoms with van der Waals surface area (Å²) < 4.78 is 0. The second-order valence-electron chi connectivity index (χ2n) is 5.87. The maximum atomic E-state index is 11.9. The van der Waals surface area contributed by atoms with E-state index in [1.165, 1.54) is 11.3 Å². The Bertz CT molecular complexity index is 446. The molecule has 0 radical (unpaired) electrons. The number of aryl methyl sites for hydroxylation is 1. The van der Waals surface area contributed by atoms with Gasteiger partial charge >= 0.3 is 6.03 Å². The molecule has 0 aromatic carbocycles. The van der Waals surface area contributed by atoms with Crippen molar-refractivity contribution in [3.8, 4) is 0 Å². The fourth-order valence-corrected chi connectivity index (χ4v) is 3.25. The summed E-state index contributed by atoms with van der Waals surface area (Å²) in [6.45, 7) is 9.63. The van der Waals surface area contributed by atoms with Gasteiger partial charge in [0.1, 0.15) is 0 Å². The molecule has 1 saturated heterocycles. The smallest absolute Gasteiger partial charge is 0.321 e. The topological polar surface area (TPSA) is 57.3 Å². The van der Waals surface area contributed by atoms with E-state index in [9.17, 15) is 4.79 Å². The van der Waals surface area contributed by atoms with Crippen LogP contribution in [0.2, 0.25) is 0 Å².